The fourth-order valence-electron chi connectivity index (χ4n) is 3.98. The average molecular weight is 322 g/mol. The Balaban J connectivity index is 2.00. The second-order valence-corrected chi connectivity index (χ2v) is 6.64. The van der Waals surface area contributed by atoms with Crippen molar-refractivity contribution in [1.29, 1.82) is 0 Å². The molecule has 0 aliphatic carbocycles. The molecule has 2 heterocycles. The van der Waals surface area contributed by atoms with Gasteiger partial charge in [0.15, 0.2) is 5.69 Å². The van der Waals surface area contributed by atoms with E-state index in [2.05, 4.69) is 29.2 Å². The van der Waals surface area contributed by atoms with Gasteiger partial charge in [-0.2, -0.15) is 0 Å². The first-order chi connectivity index (χ1) is 11.6. The predicted molar refractivity (Wildman–Crippen MR) is 94.7 cm³/mol. The number of hydroxylamine groups is 1. The van der Waals surface area contributed by atoms with Gasteiger partial charge in [-0.3, -0.25) is 0 Å². The molecule has 123 valence electrons. The van der Waals surface area contributed by atoms with Crippen LogP contribution in [-0.2, 0) is 13.0 Å². The Bertz CT molecular complexity index is 817. The first-order valence-corrected chi connectivity index (χ1v) is 8.23. The Kier molecular flexibility index (Phi) is 3.64. The van der Waals surface area contributed by atoms with E-state index in [4.69, 9.17) is 0 Å². The Hall–Kier alpha value is -2.21. The van der Waals surface area contributed by atoms with E-state index in [-0.39, 0.29) is 11.8 Å². The number of anilines is 1. The maximum Gasteiger partial charge on any atom is 0.299 e. The van der Waals surface area contributed by atoms with Crippen molar-refractivity contribution in [2.45, 2.75) is 25.8 Å². The number of amidine groups is 1. The maximum atomic E-state index is 12.6. The van der Waals surface area contributed by atoms with Crippen LogP contribution in [-0.4, -0.2) is 29.5 Å². The van der Waals surface area contributed by atoms with E-state index in [1.54, 1.807) is 0 Å². The highest BCUT2D eigenvalue weighted by atomic mass is 16.5. The van der Waals surface area contributed by atoms with Gasteiger partial charge in [-0.25, -0.2) is 0 Å². The van der Waals surface area contributed by atoms with Crippen LogP contribution in [0.25, 0.3) is 11.1 Å². The number of likely N-dealkylation sites (N-methyl/N-ethyl adjacent to an activating group) is 1. The highest BCUT2D eigenvalue weighted by molar-refractivity contribution is 6.02. The van der Waals surface area contributed by atoms with Crippen molar-refractivity contribution < 1.29 is 5.21 Å². The van der Waals surface area contributed by atoms with Gasteiger partial charge in [-0.1, -0.05) is 30.3 Å². The molecule has 5 heteroatoms. The Morgan fingerprint density at radius 1 is 1.25 bits per heavy atom. The second kappa shape index (κ2) is 5.70. The minimum Gasteiger partial charge on any atom is -0.569 e. The van der Waals surface area contributed by atoms with Crippen molar-refractivity contribution in [3.05, 3.63) is 58.3 Å². The molecule has 4 rings (SSSR count). The third-order valence-corrected chi connectivity index (χ3v) is 5.18. The Labute approximate surface area is 141 Å². The third-order valence-electron chi connectivity index (χ3n) is 5.18. The molecule has 2 aromatic rings. The van der Waals surface area contributed by atoms with Gasteiger partial charge in [0.05, 0.1) is 5.92 Å². The summed E-state index contributed by atoms with van der Waals surface area (Å²) in [6, 6.07) is 12.1. The summed E-state index contributed by atoms with van der Waals surface area (Å²) in [6.07, 6.45) is 0.908. The number of hydrogen-bond acceptors (Lipinski definition) is 4. The van der Waals surface area contributed by atoms with Crippen LogP contribution in [0.4, 0.5) is 5.69 Å². The lowest BCUT2D eigenvalue weighted by molar-refractivity contribution is 0.312. The minimum atomic E-state index is -0.176. The molecule has 5 nitrogen and oxygen atoms in total. The molecule has 2 aliphatic rings. The summed E-state index contributed by atoms with van der Waals surface area (Å²) in [7, 11) is 2.12. The van der Waals surface area contributed by atoms with Gasteiger partial charge in [-0.05, 0) is 47.8 Å². The molecule has 0 saturated carbocycles. The summed E-state index contributed by atoms with van der Waals surface area (Å²) in [5.74, 6) is 0.000759. The fraction of sp³-hybridized carbons (Fsp3) is 0.316. The molecule has 1 unspecified atom stereocenters. The number of fused-ring (bicyclic) bond motifs is 3. The van der Waals surface area contributed by atoms with Crippen LogP contribution in [0.15, 0.2) is 41.6 Å². The zero-order valence-corrected chi connectivity index (χ0v) is 13.9. The molecule has 0 aromatic heterocycles. The zero-order valence-electron chi connectivity index (χ0n) is 13.9. The Morgan fingerprint density at radius 3 is 2.71 bits per heavy atom. The standard InChI is InChI=1S/C19H20N3O2/c1-12-18-14-8-9-21(2)11-16(14)15(13-6-4-3-5-7-13)10-17(18)22(24)19(12)20-23/h3-7,10,12,23H,8-9,11H2,1-2H3. The summed E-state index contributed by atoms with van der Waals surface area (Å²) in [4.78, 5) is 2.30. The summed E-state index contributed by atoms with van der Waals surface area (Å²) in [5.41, 5.74) is 6.40. The van der Waals surface area contributed by atoms with Crippen LogP contribution in [0.3, 0.4) is 0 Å². The van der Waals surface area contributed by atoms with Gasteiger partial charge in [0.2, 0.25) is 0 Å². The first-order valence-electron chi connectivity index (χ1n) is 8.23. The molecule has 2 aliphatic heterocycles. The van der Waals surface area contributed by atoms with E-state index in [1.165, 1.54) is 11.1 Å². The van der Waals surface area contributed by atoms with Crippen molar-refractivity contribution in [2.24, 2.45) is 5.16 Å². The zero-order chi connectivity index (χ0) is 16.8. The predicted octanol–water partition coefficient (Wildman–Crippen LogP) is 3.52. The maximum absolute atomic E-state index is 12.6. The number of rotatable bonds is 1. The normalized spacial score (nSPS) is 22.6. The van der Waals surface area contributed by atoms with E-state index in [1.807, 2.05) is 31.2 Å². The smallest absolute Gasteiger partial charge is 0.299 e. The van der Waals surface area contributed by atoms with Crippen LogP contribution < -0.4 is 5.06 Å². The molecule has 0 amide bonds. The lowest BCUT2D eigenvalue weighted by atomic mass is 9.84. The quantitative estimate of drug-likeness (QED) is 0.378. The van der Waals surface area contributed by atoms with Gasteiger partial charge in [0.1, 0.15) is 0 Å². The van der Waals surface area contributed by atoms with Crippen molar-refractivity contribution in [1.82, 2.24) is 9.96 Å². The topological polar surface area (TPSA) is 64.8 Å². The van der Waals surface area contributed by atoms with Crippen molar-refractivity contribution >= 4 is 11.5 Å². The van der Waals surface area contributed by atoms with Gasteiger partial charge in [0, 0.05) is 24.7 Å². The Morgan fingerprint density at radius 2 is 2.00 bits per heavy atom. The van der Waals surface area contributed by atoms with E-state index in [0.29, 0.717) is 5.69 Å². The largest absolute Gasteiger partial charge is 0.569 e. The number of hydrogen-bond donors (Lipinski definition) is 1. The van der Waals surface area contributed by atoms with Crippen LogP contribution in [0.2, 0.25) is 0 Å². The minimum absolute atomic E-state index is 0.176. The molecular formula is C19H20N3O2. The van der Waals surface area contributed by atoms with Crippen molar-refractivity contribution in [3.8, 4) is 11.1 Å². The first kappa shape index (κ1) is 15.3. The molecule has 0 fully saturated rings. The summed E-state index contributed by atoms with van der Waals surface area (Å²) < 4.78 is 0. The van der Waals surface area contributed by atoms with Gasteiger partial charge in [-0.15, -0.1) is 5.06 Å². The molecule has 1 radical (unpaired) electrons. The fourth-order valence-corrected chi connectivity index (χ4v) is 3.98. The number of oxime groups is 1. The molecule has 24 heavy (non-hydrogen) atoms. The molecule has 0 spiro atoms. The highest BCUT2D eigenvalue weighted by Gasteiger charge is 2.43. The number of nitrogens with zero attached hydrogens (tertiary/aromatic N) is 3. The summed E-state index contributed by atoms with van der Waals surface area (Å²) >= 11 is 0. The molecule has 1 atom stereocenters. The monoisotopic (exact) mass is 322 g/mol. The molecule has 0 bridgehead atoms. The molecule has 1 N–H and O–H groups in total. The van der Waals surface area contributed by atoms with Crippen LogP contribution in [0.1, 0.15) is 29.5 Å². The molecular weight excluding hydrogens is 302 g/mol. The van der Waals surface area contributed by atoms with Crippen molar-refractivity contribution in [2.75, 3.05) is 13.6 Å². The van der Waals surface area contributed by atoms with Gasteiger partial charge < -0.3 is 15.3 Å². The third kappa shape index (κ3) is 2.17. The summed E-state index contributed by atoms with van der Waals surface area (Å²) in [5, 5.41) is 25.9. The molecule has 2 aromatic carbocycles. The highest BCUT2D eigenvalue weighted by Crippen LogP contribution is 2.45. The second-order valence-electron chi connectivity index (χ2n) is 6.64. The number of benzene rings is 2. The lowest BCUT2D eigenvalue weighted by Crippen LogP contribution is -2.28. The van der Waals surface area contributed by atoms with Gasteiger partial charge >= 0.3 is 0 Å². The van der Waals surface area contributed by atoms with E-state index in [9.17, 15) is 10.4 Å². The SMILES string of the molecule is CC1C(=NO)[N+]([O-])c2cc(-c3ccccc3)c3c(c21)CCN(C)C3. The average Bonchev–Trinajstić information content (AvgIpc) is 2.85. The van der Waals surface area contributed by atoms with E-state index < -0.39 is 0 Å². The van der Waals surface area contributed by atoms with E-state index >= 15 is 0 Å². The van der Waals surface area contributed by atoms with Crippen LogP contribution in [0.5, 0.6) is 0 Å². The van der Waals surface area contributed by atoms with Crippen molar-refractivity contribution in [3.63, 3.8) is 0 Å². The van der Waals surface area contributed by atoms with Crippen LogP contribution in [0, 0.1) is 5.21 Å². The lowest BCUT2D eigenvalue weighted by Gasteiger charge is -2.29. The van der Waals surface area contributed by atoms with Gasteiger partial charge in [0.25, 0.3) is 5.84 Å². The summed E-state index contributed by atoms with van der Waals surface area (Å²) in [6.45, 7) is 3.77. The van der Waals surface area contributed by atoms with E-state index in [0.717, 1.165) is 41.3 Å². The van der Waals surface area contributed by atoms with Crippen LogP contribution >= 0.6 is 0 Å². The molecule has 0 saturated heterocycles.